The van der Waals surface area contributed by atoms with Crippen molar-refractivity contribution in [1.82, 2.24) is 10.2 Å². The average Bonchev–Trinajstić information content (AvgIpc) is 2.61. The second kappa shape index (κ2) is 13.5. The van der Waals surface area contributed by atoms with Crippen LogP contribution in [0.5, 0.6) is 0 Å². The van der Waals surface area contributed by atoms with Crippen LogP contribution in [0, 0.1) is 0 Å². The largest absolute Gasteiger partial charge is 0.376 e. The Bertz CT molecular complexity index is 347. The van der Waals surface area contributed by atoms with Crippen LogP contribution < -0.4 is 5.32 Å². The van der Waals surface area contributed by atoms with Crippen LogP contribution in [-0.2, 0) is 9.47 Å². The average molecular weight is 471 g/mol. The van der Waals surface area contributed by atoms with Gasteiger partial charge in [0.15, 0.2) is 5.96 Å². The minimum atomic E-state index is 0. The van der Waals surface area contributed by atoms with Crippen molar-refractivity contribution in [3.8, 4) is 0 Å². The van der Waals surface area contributed by atoms with Gasteiger partial charge in [0.05, 0.1) is 25.4 Å². The van der Waals surface area contributed by atoms with E-state index in [1.54, 1.807) is 0 Å². The van der Waals surface area contributed by atoms with Crippen molar-refractivity contribution in [1.29, 1.82) is 0 Å². The van der Waals surface area contributed by atoms with Crippen LogP contribution in [-0.4, -0.2) is 74.5 Å². The highest BCUT2D eigenvalue weighted by Gasteiger charge is 2.23. The van der Waals surface area contributed by atoms with Gasteiger partial charge in [0.2, 0.25) is 0 Å². The van der Waals surface area contributed by atoms with Gasteiger partial charge in [0.1, 0.15) is 0 Å². The van der Waals surface area contributed by atoms with Crippen molar-refractivity contribution in [3.05, 3.63) is 0 Å². The third-order valence-electron chi connectivity index (χ3n) is 4.43. The lowest BCUT2D eigenvalue weighted by molar-refractivity contribution is -0.0721. The minimum Gasteiger partial charge on any atom is -0.376 e. The van der Waals surface area contributed by atoms with Gasteiger partial charge in [-0.15, -0.1) is 24.0 Å². The SMILES string of the molecule is CCNC(=NCCSC)N1CCC(OCC2CCCCO2)CC1.I. The third-order valence-corrected chi connectivity index (χ3v) is 5.02. The number of thioether (sulfide) groups is 1. The van der Waals surface area contributed by atoms with Gasteiger partial charge < -0.3 is 19.7 Å². The molecule has 1 N–H and O–H groups in total. The fraction of sp³-hybridized carbons (Fsp3) is 0.941. The normalized spacial score (nSPS) is 23.0. The van der Waals surface area contributed by atoms with Crippen LogP contribution in [0.4, 0.5) is 0 Å². The summed E-state index contributed by atoms with van der Waals surface area (Å²) in [5.74, 6) is 2.14. The van der Waals surface area contributed by atoms with Crippen molar-refractivity contribution in [2.75, 3.05) is 51.4 Å². The number of hydrogen-bond donors (Lipinski definition) is 1. The number of ether oxygens (including phenoxy) is 2. The lowest BCUT2D eigenvalue weighted by Gasteiger charge is -2.35. The fourth-order valence-electron chi connectivity index (χ4n) is 3.09. The van der Waals surface area contributed by atoms with Gasteiger partial charge in [-0.3, -0.25) is 4.99 Å². The smallest absolute Gasteiger partial charge is 0.193 e. The summed E-state index contributed by atoms with van der Waals surface area (Å²) in [5, 5.41) is 3.42. The molecule has 0 spiro atoms. The number of halogens is 1. The molecule has 7 heteroatoms. The first kappa shape index (κ1) is 22.3. The van der Waals surface area contributed by atoms with Crippen molar-refractivity contribution < 1.29 is 9.47 Å². The van der Waals surface area contributed by atoms with Crippen LogP contribution in [0.15, 0.2) is 4.99 Å². The fourth-order valence-corrected chi connectivity index (χ4v) is 3.36. The highest BCUT2D eigenvalue weighted by atomic mass is 127. The highest BCUT2D eigenvalue weighted by Crippen LogP contribution is 2.18. The third kappa shape index (κ3) is 8.10. The van der Waals surface area contributed by atoms with E-state index >= 15 is 0 Å². The number of aliphatic imine (C=N–C) groups is 1. The zero-order valence-electron chi connectivity index (χ0n) is 15.2. The topological polar surface area (TPSA) is 46.1 Å². The molecule has 1 atom stereocenters. The first-order chi connectivity index (χ1) is 11.3. The van der Waals surface area contributed by atoms with E-state index in [-0.39, 0.29) is 24.0 Å². The highest BCUT2D eigenvalue weighted by molar-refractivity contribution is 14.0. The first-order valence-electron chi connectivity index (χ1n) is 9.09. The van der Waals surface area contributed by atoms with Crippen LogP contribution >= 0.6 is 35.7 Å². The quantitative estimate of drug-likeness (QED) is 0.268. The maximum atomic E-state index is 6.09. The minimum absolute atomic E-state index is 0. The molecule has 142 valence electrons. The van der Waals surface area contributed by atoms with Crippen LogP contribution in [0.2, 0.25) is 0 Å². The Kier molecular flexibility index (Phi) is 12.5. The summed E-state index contributed by atoms with van der Waals surface area (Å²) in [5.41, 5.74) is 0. The van der Waals surface area contributed by atoms with Crippen LogP contribution in [0.1, 0.15) is 39.0 Å². The van der Waals surface area contributed by atoms with E-state index in [0.29, 0.717) is 12.2 Å². The molecule has 0 aromatic rings. The Hall–Kier alpha value is 0.270. The lowest BCUT2D eigenvalue weighted by atomic mass is 10.1. The monoisotopic (exact) mass is 471 g/mol. The molecule has 0 radical (unpaired) electrons. The molecular formula is C17H34IN3O2S. The van der Waals surface area contributed by atoms with Gasteiger partial charge >= 0.3 is 0 Å². The van der Waals surface area contributed by atoms with Gasteiger partial charge in [-0.05, 0) is 45.3 Å². The molecule has 2 aliphatic rings. The molecule has 2 saturated heterocycles. The molecule has 2 rings (SSSR count). The number of guanidine groups is 1. The second-order valence-corrected chi connectivity index (χ2v) is 7.22. The van der Waals surface area contributed by atoms with Crippen molar-refractivity contribution in [2.45, 2.75) is 51.2 Å². The molecule has 1 unspecified atom stereocenters. The predicted octanol–water partition coefficient (Wildman–Crippen LogP) is 2.98. The molecule has 2 heterocycles. The standard InChI is InChI=1S/C17H33N3O2S.HI/c1-3-18-17(19-9-13-23-2)20-10-7-15(8-11-20)22-14-16-6-4-5-12-21-16;/h15-16H,3-14H2,1-2H3,(H,18,19);1H. The Balaban J connectivity index is 0.00000288. The van der Waals surface area contributed by atoms with E-state index in [1.165, 1.54) is 12.8 Å². The Labute approximate surface area is 168 Å². The van der Waals surface area contributed by atoms with E-state index in [9.17, 15) is 0 Å². The number of rotatable bonds is 7. The Morgan fingerprint density at radius 3 is 2.71 bits per heavy atom. The lowest BCUT2D eigenvalue weighted by Crippen LogP contribution is -2.47. The summed E-state index contributed by atoms with van der Waals surface area (Å²) < 4.78 is 11.8. The predicted molar refractivity (Wildman–Crippen MR) is 114 cm³/mol. The van der Waals surface area contributed by atoms with Crippen molar-refractivity contribution in [3.63, 3.8) is 0 Å². The molecule has 0 saturated carbocycles. The van der Waals surface area contributed by atoms with Gasteiger partial charge in [-0.25, -0.2) is 0 Å². The molecule has 2 fully saturated rings. The number of nitrogens with zero attached hydrogens (tertiary/aromatic N) is 2. The molecule has 2 aliphatic heterocycles. The molecule has 0 aliphatic carbocycles. The molecule has 0 aromatic heterocycles. The first-order valence-corrected chi connectivity index (χ1v) is 10.5. The Morgan fingerprint density at radius 2 is 2.08 bits per heavy atom. The summed E-state index contributed by atoms with van der Waals surface area (Å²) in [7, 11) is 0. The number of nitrogens with one attached hydrogen (secondary N) is 1. The molecule has 0 bridgehead atoms. The van der Waals surface area contributed by atoms with E-state index in [4.69, 9.17) is 14.5 Å². The summed E-state index contributed by atoms with van der Waals surface area (Å²) in [6.45, 7) is 7.68. The zero-order valence-corrected chi connectivity index (χ0v) is 18.3. The summed E-state index contributed by atoms with van der Waals surface area (Å²) in [6.07, 6.45) is 8.65. The molecule has 24 heavy (non-hydrogen) atoms. The molecular weight excluding hydrogens is 437 g/mol. The van der Waals surface area contributed by atoms with Gasteiger partial charge in [-0.2, -0.15) is 11.8 Å². The van der Waals surface area contributed by atoms with E-state index < -0.39 is 0 Å². The van der Waals surface area contributed by atoms with Gasteiger partial charge in [0.25, 0.3) is 0 Å². The summed E-state index contributed by atoms with van der Waals surface area (Å²) in [6, 6.07) is 0. The zero-order chi connectivity index (χ0) is 16.3. The molecule has 5 nitrogen and oxygen atoms in total. The summed E-state index contributed by atoms with van der Waals surface area (Å²) in [4.78, 5) is 7.10. The number of likely N-dealkylation sites (tertiary alicyclic amines) is 1. The van der Waals surface area contributed by atoms with Crippen LogP contribution in [0.3, 0.4) is 0 Å². The number of hydrogen-bond acceptors (Lipinski definition) is 4. The van der Waals surface area contributed by atoms with Crippen LogP contribution in [0.25, 0.3) is 0 Å². The van der Waals surface area contributed by atoms with Gasteiger partial charge in [0, 0.05) is 32.0 Å². The van der Waals surface area contributed by atoms with Crippen molar-refractivity contribution in [2.24, 2.45) is 4.99 Å². The molecule has 0 amide bonds. The summed E-state index contributed by atoms with van der Waals surface area (Å²) >= 11 is 1.84. The van der Waals surface area contributed by atoms with E-state index in [0.717, 1.165) is 70.4 Å². The maximum Gasteiger partial charge on any atom is 0.193 e. The van der Waals surface area contributed by atoms with E-state index in [1.807, 2.05) is 11.8 Å². The van der Waals surface area contributed by atoms with Crippen molar-refractivity contribution >= 4 is 41.7 Å². The number of piperidine rings is 1. The van der Waals surface area contributed by atoms with Gasteiger partial charge in [-0.1, -0.05) is 0 Å². The van der Waals surface area contributed by atoms with E-state index in [2.05, 4.69) is 23.4 Å². The second-order valence-electron chi connectivity index (χ2n) is 6.24. The maximum absolute atomic E-state index is 6.09. The Morgan fingerprint density at radius 1 is 1.29 bits per heavy atom. The molecule has 0 aromatic carbocycles.